The monoisotopic (exact) mass is 420 g/mol. The van der Waals surface area contributed by atoms with Gasteiger partial charge in [-0.15, -0.1) is 0 Å². The topological polar surface area (TPSA) is 67.6 Å². The number of nitrogens with one attached hydrogen (secondary N) is 1. The lowest BCUT2D eigenvalue weighted by Gasteiger charge is -2.37. The fraction of sp³-hybridized carbons (Fsp3) is 0.450. The van der Waals surface area contributed by atoms with Crippen LogP contribution in [0.5, 0.6) is 0 Å². The third kappa shape index (κ3) is 4.54. The molecule has 0 bridgehead atoms. The van der Waals surface area contributed by atoms with Gasteiger partial charge in [-0.1, -0.05) is 37.3 Å². The summed E-state index contributed by atoms with van der Waals surface area (Å²) in [6, 6.07) is 10.9. The minimum atomic E-state index is -4.57. The summed E-state index contributed by atoms with van der Waals surface area (Å²) in [5, 5.41) is 7.20. The maximum atomic E-state index is 13.3. The molecule has 3 aromatic rings. The van der Waals surface area contributed by atoms with Gasteiger partial charge in [0.25, 0.3) is 5.78 Å². The lowest BCUT2D eigenvalue weighted by atomic mass is 10.1. The summed E-state index contributed by atoms with van der Waals surface area (Å²) in [6.07, 6.45) is -2.88. The minimum absolute atomic E-state index is 0.0996. The van der Waals surface area contributed by atoms with Crippen molar-refractivity contribution in [3.63, 3.8) is 0 Å². The summed E-state index contributed by atoms with van der Waals surface area (Å²) in [6.45, 7) is 4.83. The Kier molecular flexibility index (Phi) is 5.87. The molecule has 1 aliphatic rings. The van der Waals surface area contributed by atoms with Crippen molar-refractivity contribution in [1.29, 1.82) is 0 Å². The summed E-state index contributed by atoms with van der Waals surface area (Å²) in [5.74, 6) is 0.0953. The molecule has 0 saturated carbocycles. The quantitative estimate of drug-likeness (QED) is 0.661. The number of ether oxygens (including phenoxy) is 1. The van der Waals surface area contributed by atoms with Gasteiger partial charge in [-0.3, -0.25) is 4.90 Å². The summed E-state index contributed by atoms with van der Waals surface area (Å²) >= 11 is 0. The van der Waals surface area contributed by atoms with Crippen LogP contribution in [0.15, 0.2) is 42.7 Å². The van der Waals surface area contributed by atoms with Crippen molar-refractivity contribution in [2.75, 3.05) is 25.0 Å². The summed E-state index contributed by atoms with van der Waals surface area (Å²) in [4.78, 5) is 9.67. The first-order valence-electron chi connectivity index (χ1n) is 9.86. The number of rotatable bonds is 6. The highest BCUT2D eigenvalue weighted by Crippen LogP contribution is 2.30. The predicted molar refractivity (Wildman–Crippen MR) is 105 cm³/mol. The van der Waals surface area contributed by atoms with Gasteiger partial charge in [0.05, 0.1) is 18.8 Å². The first-order chi connectivity index (χ1) is 14.4. The van der Waals surface area contributed by atoms with E-state index < -0.39 is 11.9 Å². The molecule has 7 nitrogen and oxygen atoms in total. The molecule has 0 spiro atoms. The molecule has 0 aliphatic carbocycles. The molecule has 0 amide bonds. The minimum Gasteiger partial charge on any atom is -0.373 e. The molecule has 4 rings (SSSR count). The number of hydrogen-bond donors (Lipinski definition) is 1. The highest BCUT2D eigenvalue weighted by Gasteiger charge is 2.35. The van der Waals surface area contributed by atoms with E-state index in [2.05, 4.69) is 37.4 Å². The first-order valence-corrected chi connectivity index (χ1v) is 9.86. The second-order valence-electron chi connectivity index (χ2n) is 7.29. The molecule has 2 aromatic heterocycles. The molecule has 1 aliphatic heterocycles. The number of fused-ring (bicyclic) bond motifs is 1. The third-order valence-corrected chi connectivity index (χ3v) is 5.19. The Bertz CT molecular complexity index is 978. The van der Waals surface area contributed by atoms with E-state index in [1.54, 1.807) is 0 Å². The van der Waals surface area contributed by atoms with Gasteiger partial charge in [-0.2, -0.15) is 27.8 Å². The number of benzene rings is 1. The standard InChI is InChI=1S/C20H23F3N6O/c1-2-15(16-12-28(8-9-30-16)11-14-6-4-3-5-7-14)26-18-10-17(20(21,22)23)27-19-24-13-25-29(18)19/h3-7,10,13,15-16,26H,2,8-9,11-12H2,1H3. The SMILES string of the molecule is CCC(Nc1cc(C(F)(F)F)nc2ncnn12)C1CN(Cc2ccccc2)CCO1. The molecular formula is C20H23F3N6O. The van der Waals surface area contributed by atoms with Crippen molar-refractivity contribution < 1.29 is 17.9 Å². The van der Waals surface area contributed by atoms with E-state index in [0.717, 1.165) is 19.2 Å². The van der Waals surface area contributed by atoms with Crippen LogP contribution in [-0.2, 0) is 17.5 Å². The number of aromatic nitrogens is 4. The molecule has 2 unspecified atom stereocenters. The van der Waals surface area contributed by atoms with E-state index >= 15 is 0 Å². The molecule has 2 atom stereocenters. The highest BCUT2D eigenvalue weighted by molar-refractivity contribution is 5.46. The predicted octanol–water partition coefficient (Wildman–Crippen LogP) is 3.23. The Labute approximate surface area is 171 Å². The molecule has 30 heavy (non-hydrogen) atoms. The van der Waals surface area contributed by atoms with E-state index in [-0.39, 0.29) is 23.7 Å². The number of nitrogens with zero attached hydrogens (tertiary/aromatic N) is 5. The van der Waals surface area contributed by atoms with E-state index in [1.807, 2.05) is 25.1 Å². The van der Waals surface area contributed by atoms with Gasteiger partial charge < -0.3 is 10.1 Å². The van der Waals surface area contributed by atoms with E-state index in [4.69, 9.17) is 4.74 Å². The van der Waals surface area contributed by atoms with Gasteiger partial charge in [0.2, 0.25) is 0 Å². The van der Waals surface area contributed by atoms with Crippen molar-refractivity contribution in [3.05, 3.63) is 54.0 Å². The van der Waals surface area contributed by atoms with Crippen LogP contribution in [0.25, 0.3) is 5.78 Å². The Morgan fingerprint density at radius 1 is 1.27 bits per heavy atom. The fourth-order valence-electron chi connectivity index (χ4n) is 3.67. The number of hydrogen-bond acceptors (Lipinski definition) is 6. The zero-order valence-corrected chi connectivity index (χ0v) is 16.5. The van der Waals surface area contributed by atoms with Crippen molar-refractivity contribution in [2.24, 2.45) is 0 Å². The van der Waals surface area contributed by atoms with Crippen LogP contribution >= 0.6 is 0 Å². The van der Waals surface area contributed by atoms with Gasteiger partial charge in [-0.25, -0.2) is 4.98 Å². The van der Waals surface area contributed by atoms with E-state index in [9.17, 15) is 13.2 Å². The van der Waals surface area contributed by atoms with Gasteiger partial charge >= 0.3 is 6.18 Å². The average Bonchev–Trinajstić information content (AvgIpc) is 3.21. The van der Waals surface area contributed by atoms with Crippen molar-refractivity contribution >= 4 is 11.6 Å². The molecule has 1 aromatic carbocycles. The smallest absolute Gasteiger partial charge is 0.373 e. The molecule has 1 saturated heterocycles. The Hall–Kier alpha value is -2.72. The normalized spacial score (nSPS) is 19.1. The average molecular weight is 420 g/mol. The summed E-state index contributed by atoms with van der Waals surface area (Å²) in [7, 11) is 0. The largest absolute Gasteiger partial charge is 0.433 e. The number of morpholine rings is 1. The maximum Gasteiger partial charge on any atom is 0.433 e. The lowest BCUT2D eigenvalue weighted by molar-refractivity contribution is -0.141. The Morgan fingerprint density at radius 3 is 2.80 bits per heavy atom. The van der Waals surface area contributed by atoms with E-state index in [0.29, 0.717) is 19.6 Å². The van der Waals surface area contributed by atoms with Crippen molar-refractivity contribution in [3.8, 4) is 0 Å². The fourth-order valence-corrected chi connectivity index (χ4v) is 3.67. The first kappa shape index (κ1) is 20.5. The highest BCUT2D eigenvalue weighted by atomic mass is 19.4. The molecule has 3 heterocycles. The molecule has 10 heteroatoms. The Balaban J connectivity index is 1.52. The zero-order valence-electron chi connectivity index (χ0n) is 16.5. The van der Waals surface area contributed by atoms with Crippen LogP contribution in [0.3, 0.4) is 0 Å². The van der Waals surface area contributed by atoms with Gasteiger partial charge in [0.1, 0.15) is 12.1 Å². The molecule has 0 radical (unpaired) electrons. The van der Waals surface area contributed by atoms with Crippen LogP contribution in [-0.4, -0.2) is 56.3 Å². The van der Waals surface area contributed by atoms with Crippen molar-refractivity contribution in [2.45, 2.75) is 38.2 Å². The molecule has 160 valence electrons. The van der Waals surface area contributed by atoms with Gasteiger partial charge in [0.15, 0.2) is 5.69 Å². The van der Waals surface area contributed by atoms with Crippen LogP contribution in [0, 0.1) is 0 Å². The van der Waals surface area contributed by atoms with Crippen LogP contribution in [0.2, 0.25) is 0 Å². The van der Waals surface area contributed by atoms with Gasteiger partial charge in [-0.05, 0) is 12.0 Å². The lowest BCUT2D eigenvalue weighted by Crippen LogP contribution is -2.49. The summed E-state index contributed by atoms with van der Waals surface area (Å²) < 4.78 is 47.0. The van der Waals surface area contributed by atoms with Gasteiger partial charge in [0, 0.05) is 25.7 Å². The zero-order chi connectivity index (χ0) is 21.1. The molecular weight excluding hydrogens is 397 g/mol. The number of anilines is 1. The second-order valence-corrected chi connectivity index (χ2v) is 7.29. The van der Waals surface area contributed by atoms with Crippen LogP contribution in [0.4, 0.5) is 19.0 Å². The van der Waals surface area contributed by atoms with E-state index in [1.165, 1.54) is 16.4 Å². The third-order valence-electron chi connectivity index (χ3n) is 5.19. The van der Waals surface area contributed by atoms with Crippen LogP contribution < -0.4 is 5.32 Å². The second kappa shape index (κ2) is 8.57. The molecule has 1 N–H and O–H groups in total. The number of halogens is 3. The molecule has 1 fully saturated rings. The summed E-state index contributed by atoms with van der Waals surface area (Å²) in [5.41, 5.74) is 0.211. The van der Waals surface area contributed by atoms with Crippen LogP contribution in [0.1, 0.15) is 24.6 Å². The maximum absolute atomic E-state index is 13.3. The Morgan fingerprint density at radius 2 is 2.07 bits per heavy atom. The number of alkyl halides is 3. The van der Waals surface area contributed by atoms with Crippen molar-refractivity contribution in [1.82, 2.24) is 24.5 Å².